The fourth-order valence-electron chi connectivity index (χ4n) is 3.12. The normalized spacial score (nSPS) is 11.1. The molecule has 0 bridgehead atoms. The highest BCUT2D eigenvalue weighted by Crippen LogP contribution is 2.35. The molecule has 0 radical (unpaired) electrons. The van der Waals surface area contributed by atoms with E-state index < -0.39 is 17.6 Å². The number of rotatable bonds is 4. The molecule has 4 aromatic rings. The lowest BCUT2D eigenvalue weighted by atomic mass is 10.1. The smallest absolute Gasteiger partial charge is 0.356 e. The third kappa shape index (κ3) is 2.68. The zero-order valence-corrected chi connectivity index (χ0v) is 14.8. The van der Waals surface area contributed by atoms with Gasteiger partial charge >= 0.3 is 5.97 Å². The number of aromatic nitrogens is 4. The van der Waals surface area contributed by atoms with Crippen LogP contribution in [0, 0.1) is 11.6 Å². The third-order valence-electron chi connectivity index (χ3n) is 4.41. The van der Waals surface area contributed by atoms with Crippen LogP contribution in [-0.4, -0.2) is 37.7 Å². The van der Waals surface area contributed by atoms with Crippen molar-refractivity contribution < 1.29 is 23.4 Å². The third-order valence-corrected chi connectivity index (χ3v) is 4.41. The summed E-state index contributed by atoms with van der Waals surface area (Å²) in [5.41, 5.74) is 1.13. The Morgan fingerprint density at radius 2 is 1.89 bits per heavy atom. The average molecular weight is 384 g/mol. The Labute approximate surface area is 157 Å². The van der Waals surface area contributed by atoms with Gasteiger partial charge in [0.15, 0.2) is 17.3 Å². The van der Waals surface area contributed by atoms with Crippen LogP contribution in [0.3, 0.4) is 0 Å². The van der Waals surface area contributed by atoms with Crippen LogP contribution in [0.5, 0.6) is 5.75 Å². The Morgan fingerprint density at radius 3 is 2.50 bits per heavy atom. The molecule has 9 heteroatoms. The van der Waals surface area contributed by atoms with E-state index >= 15 is 0 Å². The first kappa shape index (κ1) is 17.7. The van der Waals surface area contributed by atoms with E-state index in [-0.39, 0.29) is 11.4 Å². The second kappa shape index (κ2) is 6.45. The van der Waals surface area contributed by atoms with Gasteiger partial charge < -0.3 is 9.84 Å². The van der Waals surface area contributed by atoms with Crippen molar-refractivity contribution in [2.24, 2.45) is 7.05 Å². The van der Waals surface area contributed by atoms with Crippen LogP contribution in [0.1, 0.15) is 10.5 Å². The maximum Gasteiger partial charge on any atom is 0.356 e. The highest BCUT2D eigenvalue weighted by atomic mass is 19.1. The van der Waals surface area contributed by atoms with E-state index in [0.717, 1.165) is 16.8 Å². The van der Waals surface area contributed by atoms with Crippen LogP contribution >= 0.6 is 0 Å². The van der Waals surface area contributed by atoms with E-state index in [1.807, 2.05) is 0 Å². The van der Waals surface area contributed by atoms with Gasteiger partial charge in [0, 0.05) is 24.1 Å². The lowest BCUT2D eigenvalue weighted by Gasteiger charge is -2.11. The number of halogens is 2. The Morgan fingerprint density at radius 1 is 1.18 bits per heavy atom. The number of benzene rings is 2. The summed E-state index contributed by atoms with van der Waals surface area (Å²) in [4.78, 5) is 11.2. The van der Waals surface area contributed by atoms with Gasteiger partial charge in [0.2, 0.25) is 0 Å². The van der Waals surface area contributed by atoms with Gasteiger partial charge in [-0.25, -0.2) is 18.3 Å². The molecule has 0 unspecified atom stereocenters. The van der Waals surface area contributed by atoms with Crippen molar-refractivity contribution in [2.75, 3.05) is 7.11 Å². The number of fused-ring (bicyclic) bond motifs is 1. The first-order valence-corrected chi connectivity index (χ1v) is 8.18. The van der Waals surface area contributed by atoms with Gasteiger partial charge in [0.1, 0.15) is 11.4 Å². The summed E-state index contributed by atoms with van der Waals surface area (Å²) in [6.07, 6.45) is 1.47. The molecule has 0 aliphatic carbocycles. The zero-order chi connectivity index (χ0) is 20.0. The maximum absolute atomic E-state index is 14.2. The van der Waals surface area contributed by atoms with Crippen molar-refractivity contribution in [3.05, 3.63) is 59.9 Å². The standard InChI is InChI=1S/C19H14F2N4O3/c1-24-16(7-14(23-24)19(26)27)11-6-10-9-22-25(15(10)8-17(11)28-2)18-12(20)4-3-5-13(18)21/h3-9H,1-2H3,(H,26,27). The summed E-state index contributed by atoms with van der Waals surface area (Å²) in [7, 11) is 3.06. The zero-order valence-electron chi connectivity index (χ0n) is 14.8. The molecule has 0 aliphatic rings. The SMILES string of the molecule is COc1cc2c(cnn2-c2c(F)cccc2F)cc1-c1cc(C(=O)O)nn1C. The number of carboxylic acid groups (broad SMARTS) is 1. The molecule has 0 fully saturated rings. The van der Waals surface area contributed by atoms with Crippen molar-refractivity contribution in [1.29, 1.82) is 0 Å². The van der Waals surface area contributed by atoms with Crippen molar-refractivity contribution in [3.63, 3.8) is 0 Å². The van der Waals surface area contributed by atoms with Crippen LogP contribution in [0.2, 0.25) is 0 Å². The Bertz CT molecular complexity index is 1210. The molecular weight excluding hydrogens is 370 g/mol. The first-order valence-electron chi connectivity index (χ1n) is 8.18. The summed E-state index contributed by atoms with van der Waals surface area (Å²) in [5, 5.41) is 17.8. The molecule has 2 heterocycles. The maximum atomic E-state index is 14.2. The number of para-hydroxylation sites is 1. The van der Waals surface area contributed by atoms with Crippen LogP contribution < -0.4 is 4.74 Å². The minimum absolute atomic E-state index is 0.108. The molecule has 0 aliphatic heterocycles. The predicted octanol–water partition coefficient (Wildman–Crippen LogP) is 3.41. The van der Waals surface area contributed by atoms with Gasteiger partial charge in [-0.2, -0.15) is 10.2 Å². The molecule has 0 saturated heterocycles. The monoisotopic (exact) mass is 384 g/mol. The van der Waals surface area contributed by atoms with E-state index in [2.05, 4.69) is 10.2 Å². The molecule has 2 aromatic carbocycles. The largest absolute Gasteiger partial charge is 0.496 e. The molecule has 2 aromatic heterocycles. The number of nitrogens with zero attached hydrogens (tertiary/aromatic N) is 4. The molecule has 28 heavy (non-hydrogen) atoms. The topological polar surface area (TPSA) is 82.2 Å². The van der Waals surface area contributed by atoms with Crippen molar-refractivity contribution in [1.82, 2.24) is 19.6 Å². The van der Waals surface area contributed by atoms with Gasteiger partial charge in [-0.1, -0.05) is 6.07 Å². The van der Waals surface area contributed by atoms with Gasteiger partial charge in [-0.3, -0.25) is 4.68 Å². The van der Waals surface area contributed by atoms with E-state index in [4.69, 9.17) is 9.84 Å². The van der Waals surface area contributed by atoms with Crippen molar-refractivity contribution in [3.8, 4) is 22.7 Å². The van der Waals surface area contributed by atoms with E-state index in [1.54, 1.807) is 19.2 Å². The molecule has 1 N–H and O–H groups in total. The fourth-order valence-corrected chi connectivity index (χ4v) is 3.12. The number of carbonyl (C=O) groups is 1. The number of hydrogen-bond acceptors (Lipinski definition) is 4. The molecule has 142 valence electrons. The predicted molar refractivity (Wildman–Crippen MR) is 96.7 cm³/mol. The van der Waals surface area contributed by atoms with Crippen LogP contribution in [0.4, 0.5) is 8.78 Å². The quantitative estimate of drug-likeness (QED) is 0.583. The van der Waals surface area contributed by atoms with Gasteiger partial charge in [-0.05, 0) is 24.3 Å². The number of aryl methyl sites for hydroxylation is 1. The summed E-state index contributed by atoms with van der Waals surface area (Å²) < 4.78 is 36.4. The Kier molecular flexibility index (Phi) is 4.07. The van der Waals surface area contributed by atoms with E-state index in [9.17, 15) is 13.6 Å². The highest BCUT2D eigenvalue weighted by Gasteiger charge is 2.20. The highest BCUT2D eigenvalue weighted by molar-refractivity contribution is 5.91. The van der Waals surface area contributed by atoms with E-state index in [1.165, 1.54) is 30.1 Å². The van der Waals surface area contributed by atoms with E-state index in [0.29, 0.717) is 27.9 Å². The van der Waals surface area contributed by atoms with Crippen LogP contribution in [0.25, 0.3) is 27.8 Å². The minimum atomic E-state index is -1.15. The first-order chi connectivity index (χ1) is 13.4. The summed E-state index contributed by atoms with van der Waals surface area (Å²) >= 11 is 0. The molecular formula is C19H14F2N4O3. The van der Waals surface area contributed by atoms with Crippen molar-refractivity contribution >= 4 is 16.9 Å². The number of hydrogen-bond donors (Lipinski definition) is 1. The van der Waals surface area contributed by atoms with Gasteiger partial charge in [0.25, 0.3) is 0 Å². The second-order valence-electron chi connectivity index (χ2n) is 6.08. The minimum Gasteiger partial charge on any atom is -0.496 e. The molecule has 0 saturated carbocycles. The van der Waals surface area contributed by atoms with Gasteiger partial charge in [0.05, 0.1) is 24.5 Å². The Hall–Kier alpha value is -3.75. The summed E-state index contributed by atoms with van der Waals surface area (Å²) in [5.74, 6) is -2.26. The molecule has 7 nitrogen and oxygen atoms in total. The number of ether oxygens (including phenoxy) is 1. The van der Waals surface area contributed by atoms with Crippen LogP contribution in [-0.2, 0) is 7.05 Å². The molecule has 4 rings (SSSR count). The average Bonchev–Trinajstić information content (AvgIpc) is 3.24. The van der Waals surface area contributed by atoms with Crippen LogP contribution in [0.15, 0.2) is 42.6 Å². The molecule has 0 amide bonds. The Balaban J connectivity index is 1.95. The number of carboxylic acids is 1. The fraction of sp³-hybridized carbons (Fsp3) is 0.105. The van der Waals surface area contributed by atoms with Gasteiger partial charge in [-0.15, -0.1) is 0 Å². The second-order valence-corrected chi connectivity index (χ2v) is 6.08. The molecule has 0 spiro atoms. The number of aromatic carboxylic acids is 1. The lowest BCUT2D eigenvalue weighted by Crippen LogP contribution is -2.03. The van der Waals surface area contributed by atoms with Crippen molar-refractivity contribution in [2.45, 2.75) is 0 Å². The number of methoxy groups -OCH3 is 1. The molecule has 0 atom stereocenters. The summed E-state index contributed by atoms with van der Waals surface area (Å²) in [6.45, 7) is 0. The lowest BCUT2D eigenvalue weighted by molar-refractivity contribution is 0.0689. The summed E-state index contributed by atoms with van der Waals surface area (Å²) in [6, 6.07) is 8.31.